The summed E-state index contributed by atoms with van der Waals surface area (Å²) in [6, 6.07) is 10.6. The van der Waals surface area contributed by atoms with E-state index < -0.39 is 4.92 Å². The Kier molecular flexibility index (Phi) is 4.35. The largest absolute Gasteiger partial charge is 0.497 e. The third-order valence-corrected chi connectivity index (χ3v) is 4.75. The molecule has 3 aromatic heterocycles. The maximum atomic E-state index is 11.2. The molecule has 0 spiro atoms. The number of pyridine rings is 1. The van der Waals surface area contributed by atoms with Crippen LogP contribution in [-0.4, -0.2) is 27.0 Å². The number of nitrogens with zero attached hydrogens (tertiary/aromatic N) is 4. The number of hydrogen-bond acceptors (Lipinski definition) is 8. The summed E-state index contributed by atoms with van der Waals surface area (Å²) in [5, 5.41) is 13.8. The van der Waals surface area contributed by atoms with Gasteiger partial charge in [-0.15, -0.1) is 11.3 Å². The lowest BCUT2D eigenvalue weighted by Gasteiger charge is -2.08. The summed E-state index contributed by atoms with van der Waals surface area (Å²) < 4.78 is 11.0. The van der Waals surface area contributed by atoms with E-state index in [0.29, 0.717) is 5.39 Å². The van der Waals surface area contributed by atoms with Crippen LogP contribution in [0.15, 0.2) is 54.3 Å². The number of hydrogen-bond donors (Lipinski definition) is 0. The molecule has 0 aliphatic carbocycles. The van der Waals surface area contributed by atoms with E-state index in [1.165, 1.54) is 29.9 Å². The molecule has 8 nitrogen and oxygen atoms in total. The number of ether oxygens (including phenoxy) is 2. The van der Waals surface area contributed by atoms with Crippen LogP contribution in [0.3, 0.4) is 0 Å². The van der Waals surface area contributed by atoms with Crippen LogP contribution >= 0.6 is 11.3 Å². The minimum Gasteiger partial charge on any atom is -0.497 e. The van der Waals surface area contributed by atoms with Crippen molar-refractivity contribution in [3.05, 3.63) is 64.4 Å². The molecule has 27 heavy (non-hydrogen) atoms. The molecular weight excluding hydrogens is 368 g/mol. The average Bonchev–Trinajstić information content (AvgIpc) is 3.13. The average molecular weight is 380 g/mol. The van der Waals surface area contributed by atoms with Crippen LogP contribution in [0.1, 0.15) is 0 Å². The third-order valence-electron chi connectivity index (χ3n) is 3.87. The van der Waals surface area contributed by atoms with Crippen molar-refractivity contribution in [3.8, 4) is 28.5 Å². The Morgan fingerprint density at radius 1 is 1.11 bits per heavy atom. The Morgan fingerprint density at radius 2 is 1.93 bits per heavy atom. The number of rotatable bonds is 5. The zero-order chi connectivity index (χ0) is 18.8. The molecule has 0 N–H and O–H groups in total. The van der Waals surface area contributed by atoms with Gasteiger partial charge < -0.3 is 19.6 Å². The Morgan fingerprint density at radius 3 is 2.67 bits per heavy atom. The molecule has 134 valence electrons. The van der Waals surface area contributed by atoms with E-state index in [9.17, 15) is 10.1 Å². The standard InChI is InChI=1S/C18H12N4O4S/c1-25-12-6-4-11(5-7-12)13-9-27-18-15(13)17(20-10-21-18)26-14-3-2-8-19-16(14)22(23)24/h2-10H,1H3. The van der Waals surface area contributed by atoms with Crippen LogP contribution < -0.4 is 9.47 Å². The summed E-state index contributed by atoms with van der Waals surface area (Å²) in [6.07, 6.45) is 2.71. The molecule has 4 aromatic rings. The molecule has 0 saturated heterocycles. The van der Waals surface area contributed by atoms with Crippen molar-refractivity contribution in [2.24, 2.45) is 0 Å². The number of thiophene rings is 1. The van der Waals surface area contributed by atoms with Crippen molar-refractivity contribution in [2.45, 2.75) is 0 Å². The maximum absolute atomic E-state index is 11.2. The second-order valence-electron chi connectivity index (χ2n) is 5.42. The van der Waals surface area contributed by atoms with E-state index in [1.807, 2.05) is 29.6 Å². The third kappa shape index (κ3) is 3.15. The first kappa shape index (κ1) is 16.9. The molecule has 0 radical (unpaired) electrons. The van der Waals surface area contributed by atoms with Crippen molar-refractivity contribution in [1.82, 2.24) is 15.0 Å². The van der Waals surface area contributed by atoms with Gasteiger partial charge in [0.1, 0.15) is 23.1 Å². The summed E-state index contributed by atoms with van der Waals surface area (Å²) in [6.45, 7) is 0. The number of methoxy groups -OCH3 is 1. The molecule has 9 heteroatoms. The molecular formula is C18H12N4O4S. The summed E-state index contributed by atoms with van der Waals surface area (Å²) in [4.78, 5) is 23.6. The Hall–Kier alpha value is -3.59. The maximum Gasteiger partial charge on any atom is 0.406 e. The van der Waals surface area contributed by atoms with Gasteiger partial charge in [-0.05, 0) is 39.7 Å². The normalized spacial score (nSPS) is 10.7. The zero-order valence-electron chi connectivity index (χ0n) is 14.0. The van der Waals surface area contributed by atoms with E-state index in [0.717, 1.165) is 21.7 Å². The van der Waals surface area contributed by atoms with Crippen LogP contribution in [0.4, 0.5) is 5.82 Å². The monoisotopic (exact) mass is 380 g/mol. The van der Waals surface area contributed by atoms with Gasteiger partial charge in [0.05, 0.1) is 12.5 Å². The van der Waals surface area contributed by atoms with Crippen LogP contribution in [0.5, 0.6) is 17.4 Å². The van der Waals surface area contributed by atoms with Gasteiger partial charge in [-0.2, -0.15) is 0 Å². The van der Waals surface area contributed by atoms with Gasteiger partial charge in [0.2, 0.25) is 11.6 Å². The molecule has 4 rings (SSSR count). The minimum absolute atomic E-state index is 0.0226. The highest BCUT2D eigenvalue weighted by atomic mass is 32.1. The summed E-state index contributed by atoms with van der Waals surface area (Å²) in [5.41, 5.74) is 1.81. The predicted octanol–water partition coefficient (Wildman–Crippen LogP) is 4.46. The molecule has 0 bridgehead atoms. The van der Waals surface area contributed by atoms with Gasteiger partial charge in [-0.25, -0.2) is 9.97 Å². The van der Waals surface area contributed by atoms with Crippen molar-refractivity contribution in [1.29, 1.82) is 0 Å². The van der Waals surface area contributed by atoms with Crippen LogP contribution in [-0.2, 0) is 0 Å². The van der Waals surface area contributed by atoms with Crippen molar-refractivity contribution < 1.29 is 14.4 Å². The van der Waals surface area contributed by atoms with Gasteiger partial charge in [0.25, 0.3) is 0 Å². The fourth-order valence-electron chi connectivity index (χ4n) is 2.61. The van der Waals surface area contributed by atoms with Gasteiger partial charge >= 0.3 is 5.82 Å². The summed E-state index contributed by atoms with van der Waals surface area (Å²) in [5.74, 6) is 0.639. The molecule has 0 aliphatic heterocycles. The molecule has 1 aromatic carbocycles. The van der Waals surface area contributed by atoms with Crippen molar-refractivity contribution in [3.63, 3.8) is 0 Å². The van der Waals surface area contributed by atoms with E-state index in [4.69, 9.17) is 9.47 Å². The van der Waals surface area contributed by atoms with E-state index in [1.54, 1.807) is 13.2 Å². The SMILES string of the molecule is COc1ccc(-c2csc3ncnc(Oc4cccnc4[N+](=O)[O-])c23)cc1. The first-order valence-corrected chi connectivity index (χ1v) is 8.69. The molecule has 0 unspecified atom stereocenters. The Bertz CT molecular complexity index is 1130. The van der Waals surface area contributed by atoms with Crippen molar-refractivity contribution >= 4 is 27.4 Å². The highest BCUT2D eigenvalue weighted by molar-refractivity contribution is 7.17. The lowest BCUT2D eigenvalue weighted by atomic mass is 10.1. The van der Waals surface area contributed by atoms with Crippen LogP contribution in [0.25, 0.3) is 21.3 Å². The second-order valence-corrected chi connectivity index (χ2v) is 6.28. The molecule has 0 aliphatic rings. The topological polar surface area (TPSA) is 100 Å². The lowest BCUT2D eigenvalue weighted by Crippen LogP contribution is -1.97. The minimum atomic E-state index is -0.592. The smallest absolute Gasteiger partial charge is 0.406 e. The molecule has 3 heterocycles. The van der Waals surface area contributed by atoms with Crippen molar-refractivity contribution in [2.75, 3.05) is 7.11 Å². The van der Waals surface area contributed by atoms with Gasteiger partial charge in [0.15, 0.2) is 0 Å². The first-order chi connectivity index (χ1) is 13.2. The Labute approximate surface area is 157 Å². The number of nitro groups is 1. The molecule has 0 atom stereocenters. The van der Waals surface area contributed by atoms with Crippen LogP contribution in [0, 0.1) is 10.1 Å². The zero-order valence-corrected chi connectivity index (χ0v) is 14.8. The second kappa shape index (κ2) is 6.96. The van der Waals surface area contributed by atoms with Crippen LogP contribution in [0.2, 0.25) is 0 Å². The van der Waals surface area contributed by atoms with E-state index in [2.05, 4.69) is 15.0 Å². The van der Waals surface area contributed by atoms with Gasteiger partial charge in [-0.1, -0.05) is 12.1 Å². The predicted molar refractivity (Wildman–Crippen MR) is 100 cm³/mol. The Balaban J connectivity index is 1.82. The fourth-order valence-corrected chi connectivity index (χ4v) is 3.52. The number of benzene rings is 1. The number of fused-ring (bicyclic) bond motifs is 1. The molecule has 0 amide bonds. The quantitative estimate of drug-likeness (QED) is 0.372. The number of aromatic nitrogens is 3. The first-order valence-electron chi connectivity index (χ1n) is 7.81. The summed E-state index contributed by atoms with van der Waals surface area (Å²) in [7, 11) is 1.61. The van der Waals surface area contributed by atoms with E-state index >= 15 is 0 Å². The highest BCUT2D eigenvalue weighted by Gasteiger charge is 2.20. The van der Waals surface area contributed by atoms with Gasteiger partial charge in [-0.3, -0.25) is 0 Å². The van der Waals surface area contributed by atoms with Gasteiger partial charge in [0, 0.05) is 10.9 Å². The molecule has 0 fully saturated rings. The fraction of sp³-hybridized carbons (Fsp3) is 0.0556. The van der Waals surface area contributed by atoms with E-state index in [-0.39, 0.29) is 17.4 Å². The summed E-state index contributed by atoms with van der Waals surface area (Å²) >= 11 is 1.44. The highest BCUT2D eigenvalue weighted by Crippen LogP contribution is 2.40. The lowest BCUT2D eigenvalue weighted by molar-refractivity contribution is -0.390. The molecule has 0 saturated carbocycles.